The van der Waals surface area contributed by atoms with Crippen LogP contribution in [-0.2, 0) is 6.54 Å². The lowest BCUT2D eigenvalue weighted by molar-refractivity contribution is 0.0785. The highest BCUT2D eigenvalue weighted by molar-refractivity contribution is 6.35. The van der Waals surface area contributed by atoms with Crippen molar-refractivity contribution in [2.45, 2.75) is 6.54 Å². The fourth-order valence-corrected chi connectivity index (χ4v) is 1.83. The predicted molar refractivity (Wildman–Crippen MR) is 68.6 cm³/mol. The molecule has 0 aliphatic heterocycles. The van der Waals surface area contributed by atoms with Crippen LogP contribution in [0.15, 0.2) is 24.7 Å². The summed E-state index contributed by atoms with van der Waals surface area (Å²) < 4.78 is 0. The summed E-state index contributed by atoms with van der Waals surface area (Å²) >= 11 is 11.7. The van der Waals surface area contributed by atoms with Crippen LogP contribution in [0.3, 0.4) is 0 Å². The quantitative estimate of drug-likeness (QED) is 0.881. The Bertz CT molecular complexity index is 556. The SMILES string of the molecule is CN(Cc1cn[nH]c1)C(=O)c1cc(Cl)ncc1Cl. The highest BCUT2D eigenvalue weighted by atomic mass is 35.5. The van der Waals surface area contributed by atoms with Gasteiger partial charge >= 0.3 is 0 Å². The Hall–Kier alpha value is -1.59. The molecular weight excluding hydrogens is 275 g/mol. The minimum atomic E-state index is -0.217. The number of halogens is 2. The molecule has 0 saturated carbocycles. The van der Waals surface area contributed by atoms with Crippen molar-refractivity contribution in [3.05, 3.63) is 46.0 Å². The first-order chi connectivity index (χ1) is 8.58. The molecule has 0 atom stereocenters. The van der Waals surface area contributed by atoms with E-state index in [1.54, 1.807) is 19.4 Å². The van der Waals surface area contributed by atoms with Gasteiger partial charge in [-0.15, -0.1) is 0 Å². The average Bonchev–Trinajstić information content (AvgIpc) is 2.84. The number of carbonyl (C=O) groups excluding carboxylic acids is 1. The normalized spacial score (nSPS) is 10.4. The number of H-pyrrole nitrogens is 1. The number of nitrogens with one attached hydrogen (secondary N) is 1. The average molecular weight is 285 g/mol. The summed E-state index contributed by atoms with van der Waals surface area (Å²) in [6, 6.07) is 1.46. The second-order valence-electron chi connectivity index (χ2n) is 3.75. The molecule has 94 valence electrons. The summed E-state index contributed by atoms with van der Waals surface area (Å²) in [5.74, 6) is -0.217. The summed E-state index contributed by atoms with van der Waals surface area (Å²) in [5.41, 5.74) is 1.24. The second kappa shape index (κ2) is 5.37. The minimum Gasteiger partial charge on any atom is -0.337 e. The van der Waals surface area contributed by atoms with Gasteiger partial charge in [-0.2, -0.15) is 5.10 Å². The summed E-state index contributed by atoms with van der Waals surface area (Å²) in [4.78, 5) is 17.5. The van der Waals surface area contributed by atoms with Gasteiger partial charge in [0.15, 0.2) is 0 Å². The first-order valence-corrected chi connectivity index (χ1v) is 5.87. The van der Waals surface area contributed by atoms with Crippen LogP contribution in [0.25, 0.3) is 0 Å². The number of amides is 1. The molecule has 0 aromatic carbocycles. The van der Waals surface area contributed by atoms with Crippen LogP contribution in [-0.4, -0.2) is 33.0 Å². The zero-order valence-corrected chi connectivity index (χ0v) is 11.0. The van der Waals surface area contributed by atoms with E-state index in [2.05, 4.69) is 15.2 Å². The van der Waals surface area contributed by atoms with Crippen LogP contribution >= 0.6 is 23.2 Å². The number of nitrogens with zero attached hydrogens (tertiary/aromatic N) is 3. The van der Waals surface area contributed by atoms with Crippen molar-refractivity contribution in [1.29, 1.82) is 0 Å². The Morgan fingerprint density at radius 1 is 1.44 bits per heavy atom. The molecule has 1 N–H and O–H groups in total. The smallest absolute Gasteiger partial charge is 0.255 e. The maximum atomic E-state index is 12.2. The molecule has 18 heavy (non-hydrogen) atoms. The van der Waals surface area contributed by atoms with Crippen molar-refractivity contribution in [2.75, 3.05) is 7.05 Å². The lowest BCUT2D eigenvalue weighted by atomic mass is 10.2. The van der Waals surface area contributed by atoms with Gasteiger partial charge in [0.25, 0.3) is 5.91 Å². The topological polar surface area (TPSA) is 61.9 Å². The molecule has 0 aliphatic rings. The summed E-state index contributed by atoms with van der Waals surface area (Å²) in [6.45, 7) is 0.436. The van der Waals surface area contributed by atoms with Gasteiger partial charge in [0.1, 0.15) is 5.15 Å². The van der Waals surface area contributed by atoms with Crippen LogP contribution in [0.2, 0.25) is 10.2 Å². The van der Waals surface area contributed by atoms with Crippen molar-refractivity contribution < 1.29 is 4.79 Å². The number of hydrogen-bond acceptors (Lipinski definition) is 3. The molecule has 5 nitrogen and oxygen atoms in total. The monoisotopic (exact) mass is 284 g/mol. The van der Waals surface area contributed by atoms with Crippen LogP contribution in [0.1, 0.15) is 15.9 Å². The van der Waals surface area contributed by atoms with Gasteiger partial charge < -0.3 is 4.90 Å². The number of rotatable bonds is 3. The number of hydrogen-bond donors (Lipinski definition) is 1. The number of aromatic nitrogens is 3. The van der Waals surface area contributed by atoms with Crippen LogP contribution in [0, 0.1) is 0 Å². The summed E-state index contributed by atoms with van der Waals surface area (Å²) in [7, 11) is 1.68. The molecule has 0 aliphatic carbocycles. The fraction of sp³-hybridized carbons (Fsp3) is 0.182. The van der Waals surface area contributed by atoms with Crippen LogP contribution in [0.4, 0.5) is 0 Å². The van der Waals surface area contributed by atoms with Gasteiger partial charge in [-0.1, -0.05) is 23.2 Å². The van der Waals surface area contributed by atoms with Gasteiger partial charge in [0.2, 0.25) is 0 Å². The molecule has 2 rings (SSSR count). The third-order valence-electron chi connectivity index (χ3n) is 2.37. The van der Waals surface area contributed by atoms with Crippen molar-refractivity contribution in [3.8, 4) is 0 Å². The van der Waals surface area contributed by atoms with Crippen LogP contribution < -0.4 is 0 Å². The number of carbonyl (C=O) groups is 1. The molecule has 1 amide bonds. The highest BCUT2D eigenvalue weighted by Crippen LogP contribution is 2.20. The van der Waals surface area contributed by atoms with Gasteiger partial charge in [-0.05, 0) is 6.07 Å². The van der Waals surface area contributed by atoms with E-state index in [4.69, 9.17) is 23.2 Å². The largest absolute Gasteiger partial charge is 0.337 e. The van der Waals surface area contributed by atoms with E-state index in [0.717, 1.165) is 5.56 Å². The zero-order valence-electron chi connectivity index (χ0n) is 9.52. The van der Waals surface area contributed by atoms with Crippen molar-refractivity contribution >= 4 is 29.1 Å². The van der Waals surface area contributed by atoms with Gasteiger partial charge in [0.05, 0.1) is 16.8 Å². The van der Waals surface area contributed by atoms with E-state index in [9.17, 15) is 4.79 Å². The molecule has 0 saturated heterocycles. The molecule has 7 heteroatoms. The van der Waals surface area contributed by atoms with Crippen molar-refractivity contribution in [2.24, 2.45) is 0 Å². The van der Waals surface area contributed by atoms with Gasteiger partial charge in [-0.25, -0.2) is 4.98 Å². The maximum absolute atomic E-state index is 12.2. The lowest BCUT2D eigenvalue weighted by Gasteiger charge is -2.16. The minimum absolute atomic E-state index is 0.217. The van der Waals surface area contributed by atoms with E-state index in [-0.39, 0.29) is 16.1 Å². The zero-order chi connectivity index (χ0) is 13.1. The molecule has 2 aromatic heterocycles. The standard InChI is InChI=1S/C11H10Cl2N4O/c1-17(6-7-3-15-16-4-7)11(18)8-2-10(13)14-5-9(8)12/h2-5H,6H2,1H3,(H,15,16). The summed E-state index contributed by atoms with van der Waals surface area (Å²) in [6.07, 6.45) is 4.75. The molecule has 0 radical (unpaired) electrons. The Kier molecular flexibility index (Phi) is 3.84. The molecule has 0 unspecified atom stereocenters. The molecule has 0 fully saturated rings. The maximum Gasteiger partial charge on any atom is 0.255 e. The van der Waals surface area contributed by atoms with E-state index < -0.39 is 0 Å². The first-order valence-electron chi connectivity index (χ1n) is 5.12. The van der Waals surface area contributed by atoms with Gasteiger partial charge in [0, 0.05) is 31.5 Å². The number of aromatic amines is 1. The summed E-state index contributed by atoms with van der Waals surface area (Å²) in [5, 5.41) is 7.02. The van der Waals surface area contributed by atoms with E-state index in [0.29, 0.717) is 12.1 Å². The van der Waals surface area contributed by atoms with Crippen LogP contribution in [0.5, 0.6) is 0 Å². The van der Waals surface area contributed by atoms with E-state index in [1.165, 1.54) is 17.2 Å². The fourth-order valence-electron chi connectivity index (χ4n) is 1.49. The Labute approximate surface area is 114 Å². The molecule has 0 bridgehead atoms. The van der Waals surface area contributed by atoms with Crippen molar-refractivity contribution in [1.82, 2.24) is 20.1 Å². The Balaban J connectivity index is 2.17. The molecule has 2 aromatic rings. The van der Waals surface area contributed by atoms with E-state index >= 15 is 0 Å². The Morgan fingerprint density at radius 3 is 2.89 bits per heavy atom. The Morgan fingerprint density at radius 2 is 2.22 bits per heavy atom. The molecule has 0 spiro atoms. The molecule has 2 heterocycles. The third kappa shape index (κ3) is 2.80. The lowest BCUT2D eigenvalue weighted by Crippen LogP contribution is -2.26. The second-order valence-corrected chi connectivity index (χ2v) is 4.55. The third-order valence-corrected chi connectivity index (χ3v) is 2.88. The highest BCUT2D eigenvalue weighted by Gasteiger charge is 2.16. The molecular formula is C11H10Cl2N4O. The van der Waals surface area contributed by atoms with E-state index in [1.807, 2.05) is 0 Å². The number of pyridine rings is 1. The van der Waals surface area contributed by atoms with Crippen molar-refractivity contribution in [3.63, 3.8) is 0 Å². The van der Waals surface area contributed by atoms with Gasteiger partial charge in [-0.3, -0.25) is 9.89 Å². The predicted octanol–water partition coefficient (Wildman–Crippen LogP) is 2.38. The first kappa shape index (κ1) is 12.9.